The summed E-state index contributed by atoms with van der Waals surface area (Å²) in [6.45, 7) is 5.44. The Morgan fingerprint density at radius 2 is 2.10 bits per heavy atom. The third-order valence-electron chi connectivity index (χ3n) is 3.00. The lowest BCUT2D eigenvalue weighted by Gasteiger charge is -2.12. The van der Waals surface area contributed by atoms with Crippen LogP contribution in [0, 0.1) is 0 Å². The van der Waals surface area contributed by atoms with Crippen molar-refractivity contribution in [3.63, 3.8) is 0 Å². The zero-order valence-corrected chi connectivity index (χ0v) is 12.9. The Morgan fingerprint density at radius 1 is 1.35 bits per heavy atom. The molecule has 3 N–H and O–H groups in total. The second kappa shape index (κ2) is 8.36. The van der Waals surface area contributed by atoms with Crippen molar-refractivity contribution >= 4 is 10.0 Å². The predicted octanol–water partition coefficient (Wildman–Crippen LogP) is 1.80. The standard InChI is InChI=1S/C14H24N2O3S/c1-3-14(15)12-7-5-8-13(11-12)20(17,18)16-9-6-10-19-4-2/h5,7-8,11,14,16H,3-4,6,9-10,15H2,1-2H3. The Balaban J connectivity index is 2.67. The fraction of sp³-hybridized carbons (Fsp3) is 0.571. The molecular weight excluding hydrogens is 276 g/mol. The van der Waals surface area contributed by atoms with Crippen LogP contribution in [0.1, 0.15) is 38.3 Å². The molecule has 0 radical (unpaired) electrons. The summed E-state index contributed by atoms with van der Waals surface area (Å²) in [6.07, 6.45) is 1.42. The van der Waals surface area contributed by atoms with Crippen LogP contribution in [-0.2, 0) is 14.8 Å². The maximum Gasteiger partial charge on any atom is 0.240 e. The molecule has 0 aliphatic heterocycles. The van der Waals surface area contributed by atoms with Gasteiger partial charge < -0.3 is 10.5 Å². The van der Waals surface area contributed by atoms with Crippen molar-refractivity contribution in [3.05, 3.63) is 29.8 Å². The van der Waals surface area contributed by atoms with E-state index in [1.54, 1.807) is 18.2 Å². The Bertz CT molecular complexity index is 503. The molecule has 0 bridgehead atoms. The van der Waals surface area contributed by atoms with Gasteiger partial charge in [0.2, 0.25) is 10.0 Å². The molecular formula is C14H24N2O3S. The van der Waals surface area contributed by atoms with Gasteiger partial charge in [-0.15, -0.1) is 0 Å². The van der Waals surface area contributed by atoms with Gasteiger partial charge >= 0.3 is 0 Å². The fourth-order valence-electron chi connectivity index (χ4n) is 1.76. The first-order valence-corrected chi connectivity index (χ1v) is 8.42. The van der Waals surface area contributed by atoms with Crippen LogP contribution >= 0.6 is 0 Å². The maximum atomic E-state index is 12.1. The third-order valence-corrected chi connectivity index (χ3v) is 4.46. The molecule has 1 aromatic carbocycles. The Hall–Kier alpha value is -0.950. The monoisotopic (exact) mass is 300 g/mol. The van der Waals surface area contributed by atoms with Crippen molar-refractivity contribution in [2.24, 2.45) is 5.73 Å². The molecule has 0 aliphatic rings. The highest BCUT2D eigenvalue weighted by Gasteiger charge is 2.14. The van der Waals surface area contributed by atoms with E-state index in [1.807, 2.05) is 19.9 Å². The average molecular weight is 300 g/mol. The number of ether oxygens (including phenoxy) is 1. The highest BCUT2D eigenvalue weighted by molar-refractivity contribution is 7.89. The number of nitrogens with two attached hydrogens (primary N) is 1. The van der Waals surface area contributed by atoms with E-state index in [-0.39, 0.29) is 10.9 Å². The van der Waals surface area contributed by atoms with Crippen molar-refractivity contribution in [2.45, 2.75) is 37.6 Å². The van der Waals surface area contributed by atoms with Crippen LogP contribution in [0.15, 0.2) is 29.2 Å². The number of benzene rings is 1. The van der Waals surface area contributed by atoms with Crippen LogP contribution in [0.2, 0.25) is 0 Å². The summed E-state index contributed by atoms with van der Waals surface area (Å²) in [5, 5.41) is 0. The first-order valence-electron chi connectivity index (χ1n) is 6.94. The molecule has 1 aromatic rings. The molecule has 0 aliphatic carbocycles. The van der Waals surface area contributed by atoms with Gasteiger partial charge in [0.15, 0.2) is 0 Å². The van der Waals surface area contributed by atoms with Crippen molar-refractivity contribution in [1.82, 2.24) is 4.72 Å². The van der Waals surface area contributed by atoms with E-state index in [0.717, 1.165) is 12.0 Å². The number of hydrogen-bond donors (Lipinski definition) is 2. The molecule has 1 atom stereocenters. The van der Waals surface area contributed by atoms with E-state index in [9.17, 15) is 8.42 Å². The Labute approximate surface area is 121 Å². The number of rotatable bonds is 9. The van der Waals surface area contributed by atoms with Crippen LogP contribution < -0.4 is 10.5 Å². The van der Waals surface area contributed by atoms with Crippen molar-refractivity contribution in [1.29, 1.82) is 0 Å². The van der Waals surface area contributed by atoms with E-state index in [0.29, 0.717) is 26.2 Å². The Morgan fingerprint density at radius 3 is 2.75 bits per heavy atom. The molecule has 20 heavy (non-hydrogen) atoms. The first kappa shape index (κ1) is 17.1. The van der Waals surface area contributed by atoms with E-state index < -0.39 is 10.0 Å². The van der Waals surface area contributed by atoms with Crippen molar-refractivity contribution in [2.75, 3.05) is 19.8 Å². The van der Waals surface area contributed by atoms with E-state index in [1.165, 1.54) is 0 Å². The minimum Gasteiger partial charge on any atom is -0.382 e. The summed E-state index contributed by atoms with van der Waals surface area (Å²) in [4.78, 5) is 0.260. The van der Waals surface area contributed by atoms with Crippen LogP contribution in [-0.4, -0.2) is 28.2 Å². The highest BCUT2D eigenvalue weighted by Crippen LogP contribution is 2.18. The maximum absolute atomic E-state index is 12.1. The lowest BCUT2D eigenvalue weighted by Crippen LogP contribution is -2.26. The largest absolute Gasteiger partial charge is 0.382 e. The predicted molar refractivity (Wildman–Crippen MR) is 80.0 cm³/mol. The summed E-state index contributed by atoms with van der Waals surface area (Å²) in [5.74, 6) is 0. The van der Waals surface area contributed by atoms with E-state index >= 15 is 0 Å². The summed E-state index contributed by atoms with van der Waals surface area (Å²) in [7, 11) is -3.47. The molecule has 114 valence electrons. The molecule has 1 rings (SSSR count). The zero-order valence-electron chi connectivity index (χ0n) is 12.1. The molecule has 0 fully saturated rings. The molecule has 5 nitrogen and oxygen atoms in total. The summed E-state index contributed by atoms with van der Waals surface area (Å²) >= 11 is 0. The van der Waals surface area contributed by atoms with E-state index in [4.69, 9.17) is 10.5 Å². The summed E-state index contributed by atoms with van der Waals surface area (Å²) < 4.78 is 32.0. The lowest BCUT2D eigenvalue weighted by molar-refractivity contribution is 0.146. The van der Waals surface area contributed by atoms with Gasteiger partial charge in [0.25, 0.3) is 0 Å². The molecule has 0 aromatic heterocycles. The zero-order chi connectivity index (χ0) is 15.0. The molecule has 1 unspecified atom stereocenters. The average Bonchev–Trinajstić information content (AvgIpc) is 2.46. The van der Waals surface area contributed by atoms with E-state index in [2.05, 4.69) is 4.72 Å². The molecule has 0 amide bonds. The smallest absolute Gasteiger partial charge is 0.240 e. The van der Waals surface area contributed by atoms with Gasteiger partial charge in [-0.25, -0.2) is 13.1 Å². The van der Waals surface area contributed by atoms with Crippen LogP contribution in [0.25, 0.3) is 0 Å². The van der Waals surface area contributed by atoms with Gasteiger partial charge in [0, 0.05) is 25.8 Å². The van der Waals surface area contributed by atoms with Gasteiger partial charge in [0.05, 0.1) is 4.90 Å². The molecule has 0 saturated carbocycles. The topological polar surface area (TPSA) is 81.4 Å². The van der Waals surface area contributed by atoms with Gasteiger partial charge in [-0.1, -0.05) is 19.1 Å². The highest BCUT2D eigenvalue weighted by atomic mass is 32.2. The normalized spacial score (nSPS) is 13.3. The van der Waals surface area contributed by atoms with Crippen LogP contribution in [0.4, 0.5) is 0 Å². The molecule has 6 heteroatoms. The van der Waals surface area contributed by atoms with Crippen molar-refractivity contribution in [3.8, 4) is 0 Å². The molecule has 0 saturated heterocycles. The second-order valence-electron chi connectivity index (χ2n) is 4.54. The lowest BCUT2D eigenvalue weighted by atomic mass is 10.1. The number of nitrogens with one attached hydrogen (secondary N) is 1. The third kappa shape index (κ3) is 5.20. The van der Waals surface area contributed by atoms with Crippen LogP contribution in [0.5, 0.6) is 0 Å². The quantitative estimate of drug-likeness (QED) is 0.681. The Kier molecular flexibility index (Phi) is 7.15. The second-order valence-corrected chi connectivity index (χ2v) is 6.30. The van der Waals surface area contributed by atoms with Gasteiger partial charge in [-0.3, -0.25) is 0 Å². The number of sulfonamides is 1. The summed E-state index contributed by atoms with van der Waals surface area (Å²) in [6, 6.07) is 6.65. The number of hydrogen-bond acceptors (Lipinski definition) is 4. The summed E-state index contributed by atoms with van der Waals surface area (Å²) in [5.41, 5.74) is 6.77. The molecule has 0 heterocycles. The molecule has 0 spiro atoms. The SMILES string of the molecule is CCOCCCNS(=O)(=O)c1cccc(C(N)CC)c1. The van der Waals surface area contributed by atoms with Crippen LogP contribution in [0.3, 0.4) is 0 Å². The fourth-order valence-corrected chi connectivity index (χ4v) is 2.89. The minimum absolute atomic E-state index is 0.136. The van der Waals surface area contributed by atoms with Gasteiger partial charge in [-0.05, 0) is 37.5 Å². The first-order chi connectivity index (χ1) is 9.51. The van der Waals surface area contributed by atoms with Gasteiger partial charge in [-0.2, -0.15) is 0 Å². The minimum atomic E-state index is -3.47. The van der Waals surface area contributed by atoms with Crippen molar-refractivity contribution < 1.29 is 13.2 Å². The van der Waals surface area contributed by atoms with Gasteiger partial charge in [0.1, 0.15) is 0 Å².